The number of rotatable bonds is 5. The SMILES string of the molecule is COC(=O)c1cc(NCCc2cccnc2)cc(C)c1N. The summed E-state index contributed by atoms with van der Waals surface area (Å²) in [5.41, 5.74) is 9.62. The predicted octanol–water partition coefficient (Wildman–Crippen LogP) is 2.41. The Balaban J connectivity index is 2.06. The van der Waals surface area contributed by atoms with Gasteiger partial charge in [-0.05, 0) is 42.7 Å². The van der Waals surface area contributed by atoms with Gasteiger partial charge in [0.05, 0.1) is 12.7 Å². The first-order valence-electron chi connectivity index (χ1n) is 6.73. The molecule has 0 unspecified atom stereocenters. The normalized spacial score (nSPS) is 10.2. The number of aromatic nitrogens is 1. The molecule has 0 bridgehead atoms. The van der Waals surface area contributed by atoms with Crippen molar-refractivity contribution in [3.05, 3.63) is 53.3 Å². The highest BCUT2D eigenvalue weighted by Crippen LogP contribution is 2.23. The van der Waals surface area contributed by atoms with Crippen LogP contribution >= 0.6 is 0 Å². The van der Waals surface area contributed by atoms with Crippen molar-refractivity contribution >= 4 is 17.3 Å². The molecule has 1 aromatic carbocycles. The largest absolute Gasteiger partial charge is 0.465 e. The van der Waals surface area contributed by atoms with Gasteiger partial charge in [0.15, 0.2) is 0 Å². The Bertz CT molecular complexity index is 627. The fourth-order valence-electron chi connectivity index (χ4n) is 2.08. The first-order valence-corrected chi connectivity index (χ1v) is 6.73. The molecule has 110 valence electrons. The second-order valence-corrected chi connectivity index (χ2v) is 4.78. The Labute approximate surface area is 124 Å². The number of hydrogen-bond donors (Lipinski definition) is 2. The molecule has 0 aliphatic heterocycles. The Kier molecular flexibility index (Phi) is 4.77. The molecule has 0 fully saturated rings. The van der Waals surface area contributed by atoms with E-state index in [1.165, 1.54) is 7.11 Å². The highest BCUT2D eigenvalue weighted by Gasteiger charge is 2.13. The number of nitrogens with one attached hydrogen (secondary N) is 1. The lowest BCUT2D eigenvalue weighted by molar-refractivity contribution is 0.0602. The van der Waals surface area contributed by atoms with E-state index in [-0.39, 0.29) is 0 Å². The molecule has 5 heteroatoms. The van der Waals surface area contributed by atoms with Gasteiger partial charge >= 0.3 is 5.97 Å². The van der Waals surface area contributed by atoms with Crippen LogP contribution in [0.2, 0.25) is 0 Å². The lowest BCUT2D eigenvalue weighted by atomic mass is 10.1. The molecule has 5 nitrogen and oxygen atoms in total. The standard InChI is InChI=1S/C16H19N3O2/c1-11-8-13(9-14(15(11)17)16(20)21-2)19-7-5-12-4-3-6-18-10-12/h3-4,6,8-10,19H,5,7,17H2,1-2H3. The Morgan fingerprint density at radius 2 is 2.24 bits per heavy atom. The van der Waals surface area contributed by atoms with Crippen molar-refractivity contribution in [3.63, 3.8) is 0 Å². The third-order valence-electron chi connectivity index (χ3n) is 3.26. The Hall–Kier alpha value is -2.56. The molecule has 0 amide bonds. The molecule has 0 radical (unpaired) electrons. The molecule has 2 aromatic rings. The summed E-state index contributed by atoms with van der Waals surface area (Å²) in [5.74, 6) is -0.425. The minimum absolute atomic E-state index is 0.390. The fourth-order valence-corrected chi connectivity index (χ4v) is 2.08. The predicted molar refractivity (Wildman–Crippen MR) is 83.4 cm³/mol. The molecule has 0 saturated carbocycles. The molecule has 2 rings (SSSR count). The zero-order valence-corrected chi connectivity index (χ0v) is 12.2. The highest BCUT2D eigenvalue weighted by molar-refractivity contribution is 5.97. The molecule has 0 saturated heterocycles. The van der Waals surface area contributed by atoms with E-state index >= 15 is 0 Å². The lowest BCUT2D eigenvalue weighted by Gasteiger charge is -2.12. The molecular weight excluding hydrogens is 266 g/mol. The zero-order valence-electron chi connectivity index (χ0n) is 12.2. The van der Waals surface area contributed by atoms with Crippen LogP contribution < -0.4 is 11.1 Å². The van der Waals surface area contributed by atoms with Gasteiger partial charge < -0.3 is 15.8 Å². The van der Waals surface area contributed by atoms with Crippen LogP contribution in [-0.4, -0.2) is 24.6 Å². The number of nitrogens with zero attached hydrogens (tertiary/aromatic N) is 1. The van der Waals surface area contributed by atoms with E-state index in [1.807, 2.05) is 31.3 Å². The van der Waals surface area contributed by atoms with Gasteiger partial charge in [0.2, 0.25) is 0 Å². The number of nitrogens with two attached hydrogens (primary N) is 1. The summed E-state index contributed by atoms with van der Waals surface area (Å²) in [6.07, 6.45) is 4.45. The summed E-state index contributed by atoms with van der Waals surface area (Å²) in [7, 11) is 1.35. The minimum atomic E-state index is -0.425. The highest BCUT2D eigenvalue weighted by atomic mass is 16.5. The number of carbonyl (C=O) groups is 1. The summed E-state index contributed by atoms with van der Waals surface area (Å²) in [6, 6.07) is 7.59. The number of hydrogen-bond acceptors (Lipinski definition) is 5. The topological polar surface area (TPSA) is 77.2 Å². The number of ether oxygens (including phenoxy) is 1. The molecule has 0 aliphatic rings. The van der Waals surface area contributed by atoms with Crippen LogP contribution in [0.15, 0.2) is 36.7 Å². The number of benzene rings is 1. The van der Waals surface area contributed by atoms with Crippen LogP contribution in [0.1, 0.15) is 21.5 Å². The Morgan fingerprint density at radius 1 is 1.43 bits per heavy atom. The smallest absolute Gasteiger partial charge is 0.340 e. The van der Waals surface area contributed by atoms with Gasteiger partial charge in [-0.25, -0.2) is 4.79 Å². The molecule has 0 atom stereocenters. The van der Waals surface area contributed by atoms with E-state index in [9.17, 15) is 4.79 Å². The van der Waals surface area contributed by atoms with Crippen LogP contribution in [0.3, 0.4) is 0 Å². The van der Waals surface area contributed by atoms with Crippen LogP contribution in [0.5, 0.6) is 0 Å². The van der Waals surface area contributed by atoms with Gasteiger partial charge in [-0.3, -0.25) is 4.98 Å². The minimum Gasteiger partial charge on any atom is -0.465 e. The fraction of sp³-hybridized carbons (Fsp3) is 0.250. The number of methoxy groups -OCH3 is 1. The quantitative estimate of drug-likeness (QED) is 0.651. The number of pyridine rings is 1. The molecule has 21 heavy (non-hydrogen) atoms. The molecule has 1 heterocycles. The zero-order chi connectivity index (χ0) is 15.2. The van der Waals surface area contributed by atoms with Gasteiger partial charge in [0, 0.05) is 30.3 Å². The van der Waals surface area contributed by atoms with Crippen molar-refractivity contribution in [2.45, 2.75) is 13.3 Å². The number of nitrogen functional groups attached to an aromatic ring is 1. The maximum Gasteiger partial charge on any atom is 0.340 e. The van der Waals surface area contributed by atoms with Crippen LogP contribution in [-0.2, 0) is 11.2 Å². The first-order chi connectivity index (χ1) is 10.1. The van der Waals surface area contributed by atoms with E-state index in [2.05, 4.69) is 10.3 Å². The number of esters is 1. The average molecular weight is 285 g/mol. The van der Waals surface area contributed by atoms with Crippen molar-refractivity contribution in [2.24, 2.45) is 0 Å². The van der Waals surface area contributed by atoms with Gasteiger partial charge in [0.25, 0.3) is 0 Å². The second kappa shape index (κ2) is 6.74. The van der Waals surface area contributed by atoms with Crippen molar-refractivity contribution in [1.82, 2.24) is 4.98 Å². The van der Waals surface area contributed by atoms with Gasteiger partial charge in [-0.2, -0.15) is 0 Å². The van der Waals surface area contributed by atoms with Crippen molar-refractivity contribution in [1.29, 1.82) is 0 Å². The van der Waals surface area contributed by atoms with E-state index in [0.717, 1.165) is 29.8 Å². The van der Waals surface area contributed by atoms with E-state index in [0.29, 0.717) is 11.3 Å². The summed E-state index contributed by atoms with van der Waals surface area (Å²) in [5, 5.41) is 3.29. The summed E-state index contributed by atoms with van der Waals surface area (Å²) in [6.45, 7) is 2.61. The maximum atomic E-state index is 11.7. The summed E-state index contributed by atoms with van der Waals surface area (Å²) >= 11 is 0. The molecule has 0 aliphatic carbocycles. The van der Waals surface area contributed by atoms with Crippen molar-refractivity contribution in [2.75, 3.05) is 24.7 Å². The number of carbonyl (C=O) groups excluding carboxylic acids is 1. The second-order valence-electron chi connectivity index (χ2n) is 4.78. The van der Waals surface area contributed by atoms with E-state index < -0.39 is 5.97 Å². The van der Waals surface area contributed by atoms with Crippen LogP contribution in [0.25, 0.3) is 0 Å². The maximum absolute atomic E-state index is 11.7. The average Bonchev–Trinajstić information content (AvgIpc) is 2.51. The molecule has 3 N–H and O–H groups in total. The number of anilines is 2. The summed E-state index contributed by atoms with van der Waals surface area (Å²) < 4.78 is 4.75. The third-order valence-corrected chi connectivity index (χ3v) is 3.26. The van der Waals surface area contributed by atoms with E-state index in [4.69, 9.17) is 10.5 Å². The van der Waals surface area contributed by atoms with Crippen LogP contribution in [0, 0.1) is 6.92 Å². The molecular formula is C16H19N3O2. The van der Waals surface area contributed by atoms with Gasteiger partial charge in [0.1, 0.15) is 0 Å². The first kappa shape index (κ1) is 14.8. The van der Waals surface area contributed by atoms with Gasteiger partial charge in [-0.15, -0.1) is 0 Å². The summed E-state index contributed by atoms with van der Waals surface area (Å²) in [4.78, 5) is 15.8. The number of aryl methyl sites for hydroxylation is 1. The lowest BCUT2D eigenvalue weighted by Crippen LogP contribution is -2.10. The third kappa shape index (κ3) is 3.72. The van der Waals surface area contributed by atoms with Crippen molar-refractivity contribution in [3.8, 4) is 0 Å². The van der Waals surface area contributed by atoms with Crippen LogP contribution in [0.4, 0.5) is 11.4 Å². The Morgan fingerprint density at radius 3 is 2.90 bits per heavy atom. The van der Waals surface area contributed by atoms with Gasteiger partial charge in [-0.1, -0.05) is 6.07 Å². The monoisotopic (exact) mass is 285 g/mol. The van der Waals surface area contributed by atoms with E-state index in [1.54, 1.807) is 12.3 Å². The van der Waals surface area contributed by atoms with Crippen molar-refractivity contribution < 1.29 is 9.53 Å². The molecule has 1 aromatic heterocycles. The molecule has 0 spiro atoms.